The third kappa shape index (κ3) is 5.54. The maximum Gasteiger partial charge on any atom is 0.270 e. The second-order valence-electron chi connectivity index (χ2n) is 8.15. The van der Waals surface area contributed by atoms with Crippen LogP contribution in [-0.4, -0.2) is 47.2 Å². The standard InChI is InChI=1S/C25H20ClN5O4S2/c26-18-7-5-15(24-27-19-3-1-2-4-22(19)37-24)13-20(18)28-25(36)29-23(32)17-14-16(31(33)34)6-8-21(17)30-9-11-35-12-10-30/h1-8,13-14H,9-12H2,(H2,28,29,32,36). The Balaban J connectivity index is 1.36. The molecule has 4 aromatic rings. The molecule has 1 saturated heterocycles. The number of benzene rings is 3. The summed E-state index contributed by atoms with van der Waals surface area (Å²) in [6.45, 7) is 2.13. The van der Waals surface area contributed by atoms with Crippen LogP contribution in [0.4, 0.5) is 17.1 Å². The number of amides is 1. The van der Waals surface area contributed by atoms with E-state index in [2.05, 4.69) is 15.6 Å². The maximum absolute atomic E-state index is 13.2. The molecule has 9 nitrogen and oxygen atoms in total. The fourth-order valence-corrected chi connectivity index (χ4v) is 5.30. The molecule has 1 fully saturated rings. The smallest absolute Gasteiger partial charge is 0.270 e. The number of rotatable bonds is 5. The summed E-state index contributed by atoms with van der Waals surface area (Å²) in [4.78, 5) is 30.6. The molecular weight excluding hydrogens is 534 g/mol. The van der Waals surface area contributed by atoms with Crippen LogP contribution in [0.1, 0.15) is 10.4 Å². The molecule has 1 amide bonds. The number of thiazole rings is 1. The molecule has 1 aromatic heterocycles. The SMILES string of the molecule is O=C(NC(=S)Nc1cc(-c2nc3ccccc3s2)ccc1Cl)c1cc([N+](=O)[O-])ccc1N1CCOCC1. The summed E-state index contributed by atoms with van der Waals surface area (Å²) in [5, 5.41) is 18.2. The first-order valence-electron chi connectivity index (χ1n) is 11.3. The van der Waals surface area contributed by atoms with Gasteiger partial charge in [-0.1, -0.05) is 29.8 Å². The van der Waals surface area contributed by atoms with E-state index in [0.29, 0.717) is 42.7 Å². The Hall–Kier alpha value is -3.64. The van der Waals surface area contributed by atoms with Gasteiger partial charge in [0.1, 0.15) is 5.01 Å². The third-order valence-corrected chi connectivity index (χ3v) is 7.39. The highest BCUT2D eigenvalue weighted by molar-refractivity contribution is 7.80. The van der Waals surface area contributed by atoms with E-state index in [1.807, 2.05) is 41.3 Å². The minimum absolute atomic E-state index is 0.00721. The van der Waals surface area contributed by atoms with Gasteiger partial charge in [0.2, 0.25) is 0 Å². The van der Waals surface area contributed by atoms with E-state index in [-0.39, 0.29) is 16.4 Å². The van der Waals surface area contributed by atoms with Crippen molar-refractivity contribution in [3.63, 3.8) is 0 Å². The van der Waals surface area contributed by atoms with Crippen LogP contribution in [0.2, 0.25) is 5.02 Å². The second kappa shape index (κ2) is 10.8. The van der Waals surface area contributed by atoms with E-state index in [1.165, 1.54) is 12.1 Å². The van der Waals surface area contributed by atoms with Gasteiger partial charge in [0.05, 0.1) is 50.3 Å². The first kappa shape index (κ1) is 25.0. The van der Waals surface area contributed by atoms with E-state index < -0.39 is 10.8 Å². The highest BCUT2D eigenvalue weighted by Crippen LogP contribution is 2.34. The summed E-state index contributed by atoms with van der Waals surface area (Å²) >= 11 is 13.3. The van der Waals surface area contributed by atoms with Gasteiger partial charge in [-0.2, -0.15) is 0 Å². The van der Waals surface area contributed by atoms with Gasteiger partial charge in [-0.3, -0.25) is 20.2 Å². The normalized spacial score (nSPS) is 13.4. The van der Waals surface area contributed by atoms with E-state index in [4.69, 9.17) is 28.6 Å². The number of nitro groups is 1. The number of carbonyl (C=O) groups is 1. The summed E-state index contributed by atoms with van der Waals surface area (Å²) < 4.78 is 6.45. The molecule has 12 heteroatoms. The number of nitrogens with one attached hydrogen (secondary N) is 2. The molecule has 37 heavy (non-hydrogen) atoms. The number of hydrogen-bond donors (Lipinski definition) is 2. The fourth-order valence-electron chi connectivity index (χ4n) is 3.97. The lowest BCUT2D eigenvalue weighted by Gasteiger charge is -2.30. The molecule has 3 aromatic carbocycles. The number of para-hydroxylation sites is 1. The summed E-state index contributed by atoms with van der Waals surface area (Å²) in [7, 11) is 0. The summed E-state index contributed by atoms with van der Waals surface area (Å²) in [6.07, 6.45) is 0. The maximum atomic E-state index is 13.2. The van der Waals surface area contributed by atoms with Crippen LogP contribution in [0, 0.1) is 10.1 Å². The van der Waals surface area contributed by atoms with E-state index >= 15 is 0 Å². The largest absolute Gasteiger partial charge is 0.378 e. The number of nitro benzene ring substituents is 1. The number of ether oxygens (including phenoxy) is 1. The van der Waals surface area contributed by atoms with Gasteiger partial charge in [-0.05, 0) is 42.5 Å². The molecule has 0 aliphatic carbocycles. The summed E-state index contributed by atoms with van der Waals surface area (Å²) in [5.41, 5.74) is 2.78. The number of nitrogens with zero attached hydrogens (tertiary/aromatic N) is 3. The monoisotopic (exact) mass is 553 g/mol. The van der Waals surface area contributed by atoms with Crippen molar-refractivity contribution >= 4 is 73.5 Å². The van der Waals surface area contributed by atoms with Crippen LogP contribution < -0.4 is 15.5 Å². The number of hydrogen-bond acceptors (Lipinski definition) is 8. The number of non-ortho nitro benzene ring substituents is 1. The lowest BCUT2D eigenvalue weighted by atomic mass is 10.1. The average molecular weight is 554 g/mol. The van der Waals surface area contributed by atoms with Gasteiger partial charge in [0.15, 0.2) is 5.11 Å². The molecule has 1 aliphatic heterocycles. The van der Waals surface area contributed by atoms with Crippen molar-refractivity contribution < 1.29 is 14.5 Å². The molecule has 0 radical (unpaired) electrons. The number of aromatic nitrogens is 1. The van der Waals surface area contributed by atoms with Crippen LogP contribution in [0.15, 0.2) is 60.7 Å². The van der Waals surface area contributed by atoms with Gasteiger partial charge in [-0.15, -0.1) is 11.3 Å². The van der Waals surface area contributed by atoms with Crippen LogP contribution in [0.3, 0.4) is 0 Å². The van der Waals surface area contributed by atoms with Gasteiger partial charge < -0.3 is 15.0 Å². The third-order valence-electron chi connectivity index (χ3n) is 5.77. The number of carbonyl (C=O) groups excluding carboxylic acids is 1. The Labute approximate surface area is 226 Å². The topological polar surface area (TPSA) is 110 Å². The minimum atomic E-state index is -0.568. The van der Waals surface area contributed by atoms with E-state index in [9.17, 15) is 14.9 Å². The first-order valence-corrected chi connectivity index (χ1v) is 12.9. The van der Waals surface area contributed by atoms with Crippen LogP contribution in [0.25, 0.3) is 20.8 Å². The van der Waals surface area contributed by atoms with E-state index in [1.54, 1.807) is 23.5 Å². The highest BCUT2D eigenvalue weighted by Gasteiger charge is 2.23. The molecule has 2 heterocycles. The van der Waals surface area contributed by atoms with Gasteiger partial charge in [-0.25, -0.2) is 4.98 Å². The van der Waals surface area contributed by atoms with Crippen molar-refractivity contribution in [2.75, 3.05) is 36.5 Å². The predicted octanol–water partition coefficient (Wildman–Crippen LogP) is 5.49. The van der Waals surface area contributed by atoms with Crippen molar-refractivity contribution in [2.24, 2.45) is 0 Å². The van der Waals surface area contributed by atoms with Crippen molar-refractivity contribution in [3.05, 3.63) is 81.4 Å². The molecule has 188 valence electrons. The van der Waals surface area contributed by atoms with Gasteiger partial charge in [0.25, 0.3) is 11.6 Å². The Kier molecular flexibility index (Phi) is 7.28. The van der Waals surface area contributed by atoms with Crippen molar-refractivity contribution in [1.82, 2.24) is 10.3 Å². The molecule has 1 aliphatic rings. The molecule has 0 unspecified atom stereocenters. The first-order chi connectivity index (χ1) is 17.9. The lowest BCUT2D eigenvalue weighted by Crippen LogP contribution is -2.39. The summed E-state index contributed by atoms with van der Waals surface area (Å²) in [6, 6.07) is 17.5. The molecule has 0 atom stereocenters. The molecule has 2 N–H and O–H groups in total. The highest BCUT2D eigenvalue weighted by atomic mass is 35.5. The van der Waals surface area contributed by atoms with Crippen molar-refractivity contribution in [2.45, 2.75) is 0 Å². The zero-order chi connectivity index (χ0) is 25.9. The Morgan fingerprint density at radius 1 is 1.14 bits per heavy atom. The number of anilines is 2. The molecule has 0 saturated carbocycles. The quantitative estimate of drug-likeness (QED) is 0.190. The molecule has 5 rings (SSSR count). The predicted molar refractivity (Wildman–Crippen MR) is 150 cm³/mol. The second-order valence-corrected chi connectivity index (χ2v) is 9.99. The Bertz CT molecular complexity index is 1490. The fraction of sp³-hybridized carbons (Fsp3) is 0.160. The Morgan fingerprint density at radius 2 is 1.92 bits per heavy atom. The van der Waals surface area contributed by atoms with E-state index in [0.717, 1.165) is 20.8 Å². The zero-order valence-electron chi connectivity index (χ0n) is 19.3. The van der Waals surface area contributed by atoms with Gasteiger partial charge in [0, 0.05) is 30.8 Å². The number of halogens is 1. The van der Waals surface area contributed by atoms with Crippen molar-refractivity contribution in [3.8, 4) is 10.6 Å². The zero-order valence-corrected chi connectivity index (χ0v) is 21.7. The molecular formula is C25H20ClN5O4S2. The van der Waals surface area contributed by atoms with Crippen LogP contribution in [-0.2, 0) is 4.74 Å². The Morgan fingerprint density at radius 3 is 2.68 bits per heavy atom. The minimum Gasteiger partial charge on any atom is -0.378 e. The molecule has 0 spiro atoms. The lowest BCUT2D eigenvalue weighted by molar-refractivity contribution is -0.384. The molecule has 0 bridgehead atoms. The van der Waals surface area contributed by atoms with Gasteiger partial charge >= 0.3 is 0 Å². The van der Waals surface area contributed by atoms with Crippen LogP contribution in [0.5, 0.6) is 0 Å². The summed E-state index contributed by atoms with van der Waals surface area (Å²) in [5.74, 6) is -0.568. The van der Waals surface area contributed by atoms with Crippen LogP contribution >= 0.6 is 35.2 Å². The average Bonchev–Trinajstić information content (AvgIpc) is 3.34. The number of morpholine rings is 1. The number of fused-ring (bicyclic) bond motifs is 1. The number of thiocarbonyl (C=S) groups is 1. The van der Waals surface area contributed by atoms with Crippen molar-refractivity contribution in [1.29, 1.82) is 0 Å².